The Morgan fingerprint density at radius 2 is 2.28 bits per heavy atom. The molecule has 0 fully saturated rings. The second kappa shape index (κ2) is 7.35. The molecule has 1 rings (SSSR count). The van der Waals surface area contributed by atoms with Crippen molar-refractivity contribution in [2.45, 2.75) is 13.0 Å². The van der Waals surface area contributed by atoms with Crippen molar-refractivity contribution in [1.82, 2.24) is 5.32 Å². The van der Waals surface area contributed by atoms with Gasteiger partial charge in [0.1, 0.15) is 0 Å². The predicted molar refractivity (Wildman–Crippen MR) is 73.8 cm³/mol. The summed E-state index contributed by atoms with van der Waals surface area (Å²) in [5, 5.41) is 14.6. The Morgan fingerprint density at radius 3 is 2.89 bits per heavy atom. The van der Waals surface area contributed by atoms with Crippen LogP contribution in [0.2, 0.25) is 0 Å². The van der Waals surface area contributed by atoms with Crippen LogP contribution in [0.1, 0.15) is 5.56 Å². The largest absolute Gasteiger partial charge is 0.389 e. The highest BCUT2D eigenvalue weighted by molar-refractivity contribution is 9.10. The summed E-state index contributed by atoms with van der Waals surface area (Å²) in [5.41, 5.74) is 1.78. The topological polar surface area (TPSA) is 70.6 Å². The third-order valence-electron chi connectivity index (χ3n) is 2.29. The molecule has 100 valence electrons. The van der Waals surface area contributed by atoms with Crippen molar-refractivity contribution in [2.75, 3.05) is 25.6 Å². The Bertz CT molecular complexity index is 412. The van der Waals surface area contributed by atoms with Crippen molar-refractivity contribution in [3.8, 4) is 0 Å². The van der Waals surface area contributed by atoms with Crippen molar-refractivity contribution >= 4 is 27.6 Å². The van der Waals surface area contributed by atoms with Gasteiger partial charge in [-0.25, -0.2) is 4.79 Å². The Hall–Kier alpha value is -1.11. The number of rotatable bonds is 5. The number of anilines is 1. The standard InChI is InChI=1S/C12H17BrN2O3/c1-8-3-4-9(5-11(8)13)15-12(17)14-6-10(16)7-18-2/h3-5,10,16H,6-7H2,1-2H3,(H2,14,15,17)/t10-/m0/s1. The van der Waals surface area contributed by atoms with Crippen LogP contribution in [0.15, 0.2) is 22.7 Å². The first-order valence-corrected chi connectivity index (χ1v) is 6.30. The van der Waals surface area contributed by atoms with Gasteiger partial charge in [-0.3, -0.25) is 0 Å². The molecule has 6 heteroatoms. The molecule has 0 aliphatic rings. The lowest BCUT2D eigenvalue weighted by molar-refractivity contribution is 0.0663. The second-order valence-electron chi connectivity index (χ2n) is 3.91. The zero-order chi connectivity index (χ0) is 13.5. The van der Waals surface area contributed by atoms with Crippen LogP contribution < -0.4 is 10.6 Å². The number of hydrogen-bond donors (Lipinski definition) is 3. The van der Waals surface area contributed by atoms with Crippen LogP contribution in [0, 0.1) is 6.92 Å². The predicted octanol–water partition coefficient (Wildman–Crippen LogP) is 1.89. The summed E-state index contributed by atoms with van der Waals surface area (Å²) in [6, 6.07) is 5.17. The van der Waals surface area contributed by atoms with Gasteiger partial charge in [-0.15, -0.1) is 0 Å². The summed E-state index contributed by atoms with van der Waals surface area (Å²) in [6.45, 7) is 2.30. The highest BCUT2D eigenvalue weighted by Crippen LogP contribution is 2.20. The zero-order valence-electron chi connectivity index (χ0n) is 10.4. The van der Waals surface area contributed by atoms with E-state index < -0.39 is 6.10 Å². The van der Waals surface area contributed by atoms with Crippen LogP contribution in [-0.2, 0) is 4.74 Å². The van der Waals surface area contributed by atoms with Crippen LogP contribution >= 0.6 is 15.9 Å². The third-order valence-corrected chi connectivity index (χ3v) is 3.14. The Labute approximate surface area is 115 Å². The van der Waals surface area contributed by atoms with Gasteiger partial charge in [0.25, 0.3) is 0 Å². The van der Waals surface area contributed by atoms with Gasteiger partial charge in [0.2, 0.25) is 0 Å². The molecule has 0 bridgehead atoms. The first-order chi connectivity index (χ1) is 8.52. The first-order valence-electron chi connectivity index (χ1n) is 5.51. The minimum Gasteiger partial charge on any atom is -0.389 e. The van der Waals surface area contributed by atoms with E-state index in [1.807, 2.05) is 25.1 Å². The molecule has 5 nitrogen and oxygen atoms in total. The van der Waals surface area contributed by atoms with Crippen molar-refractivity contribution in [1.29, 1.82) is 0 Å². The maximum Gasteiger partial charge on any atom is 0.319 e. The maximum absolute atomic E-state index is 11.5. The monoisotopic (exact) mass is 316 g/mol. The number of ether oxygens (including phenoxy) is 1. The van der Waals surface area contributed by atoms with E-state index in [1.165, 1.54) is 7.11 Å². The Balaban J connectivity index is 2.42. The van der Waals surface area contributed by atoms with E-state index in [2.05, 4.69) is 26.6 Å². The van der Waals surface area contributed by atoms with Crippen LogP contribution in [0.25, 0.3) is 0 Å². The number of halogens is 1. The molecule has 0 unspecified atom stereocenters. The number of nitrogens with one attached hydrogen (secondary N) is 2. The number of carbonyl (C=O) groups is 1. The van der Waals surface area contributed by atoms with Gasteiger partial charge < -0.3 is 20.5 Å². The number of benzene rings is 1. The zero-order valence-corrected chi connectivity index (χ0v) is 12.0. The maximum atomic E-state index is 11.5. The molecule has 0 heterocycles. The normalized spacial score (nSPS) is 12.0. The third kappa shape index (κ3) is 5.03. The van der Waals surface area contributed by atoms with E-state index >= 15 is 0 Å². The van der Waals surface area contributed by atoms with Gasteiger partial charge in [0.15, 0.2) is 0 Å². The molecule has 2 amide bonds. The van der Waals surface area contributed by atoms with E-state index in [9.17, 15) is 9.90 Å². The fourth-order valence-electron chi connectivity index (χ4n) is 1.31. The molecule has 0 spiro atoms. The lowest BCUT2D eigenvalue weighted by Gasteiger charge is -2.12. The number of aliphatic hydroxyl groups is 1. The van der Waals surface area contributed by atoms with Gasteiger partial charge in [0.05, 0.1) is 12.7 Å². The number of hydrogen-bond acceptors (Lipinski definition) is 3. The smallest absolute Gasteiger partial charge is 0.319 e. The fraction of sp³-hybridized carbons (Fsp3) is 0.417. The van der Waals surface area contributed by atoms with E-state index in [1.54, 1.807) is 0 Å². The van der Waals surface area contributed by atoms with Gasteiger partial charge in [0, 0.05) is 23.8 Å². The minimum atomic E-state index is -0.703. The summed E-state index contributed by atoms with van der Waals surface area (Å²) < 4.78 is 5.69. The summed E-state index contributed by atoms with van der Waals surface area (Å²) >= 11 is 3.39. The van der Waals surface area contributed by atoms with Crippen LogP contribution in [-0.4, -0.2) is 37.5 Å². The van der Waals surface area contributed by atoms with Crippen LogP contribution in [0.4, 0.5) is 10.5 Å². The highest BCUT2D eigenvalue weighted by atomic mass is 79.9. The molecule has 1 aromatic carbocycles. The molecule has 1 atom stereocenters. The molecule has 0 aromatic heterocycles. The summed E-state index contributed by atoms with van der Waals surface area (Å²) in [6.07, 6.45) is -0.703. The van der Waals surface area contributed by atoms with E-state index in [4.69, 9.17) is 4.74 Å². The van der Waals surface area contributed by atoms with Crippen molar-refractivity contribution in [3.63, 3.8) is 0 Å². The quantitative estimate of drug-likeness (QED) is 0.777. The molecule has 18 heavy (non-hydrogen) atoms. The van der Waals surface area contributed by atoms with E-state index in [-0.39, 0.29) is 19.2 Å². The van der Waals surface area contributed by atoms with Crippen LogP contribution in [0.3, 0.4) is 0 Å². The molecule has 3 N–H and O–H groups in total. The molecule has 0 saturated carbocycles. The molecule has 0 aliphatic heterocycles. The summed E-state index contributed by atoms with van der Waals surface area (Å²) in [4.78, 5) is 11.5. The van der Waals surface area contributed by atoms with Crippen molar-refractivity contribution in [2.24, 2.45) is 0 Å². The number of carbonyl (C=O) groups excluding carboxylic acids is 1. The average Bonchev–Trinajstić information content (AvgIpc) is 2.32. The first kappa shape index (κ1) is 14.9. The second-order valence-corrected chi connectivity index (χ2v) is 4.76. The number of aryl methyl sites for hydroxylation is 1. The van der Waals surface area contributed by atoms with Crippen molar-refractivity contribution in [3.05, 3.63) is 28.2 Å². The van der Waals surface area contributed by atoms with Gasteiger partial charge >= 0.3 is 6.03 Å². The molecule has 0 aliphatic carbocycles. The lowest BCUT2D eigenvalue weighted by Crippen LogP contribution is -2.37. The molecular weight excluding hydrogens is 300 g/mol. The Morgan fingerprint density at radius 1 is 1.56 bits per heavy atom. The van der Waals surface area contributed by atoms with Crippen molar-refractivity contribution < 1.29 is 14.6 Å². The molecule has 0 radical (unpaired) electrons. The molecular formula is C12H17BrN2O3. The van der Waals surface area contributed by atoms with E-state index in [0.29, 0.717) is 5.69 Å². The highest BCUT2D eigenvalue weighted by Gasteiger charge is 2.07. The van der Waals surface area contributed by atoms with Crippen LogP contribution in [0.5, 0.6) is 0 Å². The van der Waals surface area contributed by atoms with Gasteiger partial charge in [-0.1, -0.05) is 22.0 Å². The van der Waals surface area contributed by atoms with Gasteiger partial charge in [-0.2, -0.15) is 0 Å². The Kier molecular flexibility index (Phi) is 6.11. The lowest BCUT2D eigenvalue weighted by atomic mass is 10.2. The molecule has 0 saturated heterocycles. The average molecular weight is 317 g/mol. The van der Waals surface area contributed by atoms with E-state index in [0.717, 1.165) is 10.0 Å². The SMILES string of the molecule is COC[C@@H](O)CNC(=O)Nc1ccc(C)c(Br)c1. The number of amides is 2. The molecule has 1 aromatic rings. The number of urea groups is 1. The minimum absolute atomic E-state index is 0.146. The summed E-state index contributed by atoms with van der Waals surface area (Å²) in [7, 11) is 1.49. The number of methoxy groups -OCH3 is 1. The summed E-state index contributed by atoms with van der Waals surface area (Å²) in [5.74, 6) is 0. The number of aliphatic hydroxyl groups excluding tert-OH is 1. The van der Waals surface area contributed by atoms with Gasteiger partial charge in [-0.05, 0) is 24.6 Å². The fourth-order valence-corrected chi connectivity index (χ4v) is 1.69.